The first kappa shape index (κ1) is 18.0. The van der Waals surface area contributed by atoms with E-state index in [-0.39, 0.29) is 0 Å². The Morgan fingerprint density at radius 3 is 2.24 bits per heavy atom. The molecule has 0 spiro atoms. The number of hydrogen-bond donors (Lipinski definition) is 2. The topological polar surface area (TPSA) is 35.5 Å². The van der Waals surface area contributed by atoms with Crippen molar-refractivity contribution >= 4 is 0 Å². The van der Waals surface area contributed by atoms with E-state index in [1.54, 1.807) is 12.1 Å². The van der Waals surface area contributed by atoms with E-state index in [4.69, 9.17) is 0 Å². The predicted molar refractivity (Wildman–Crippen MR) is 90.9 cm³/mol. The van der Waals surface area contributed by atoms with Gasteiger partial charge in [-0.1, -0.05) is 26.0 Å². The van der Waals surface area contributed by atoms with Crippen LogP contribution in [0.1, 0.15) is 46.1 Å². The monoisotopic (exact) mass is 292 g/mol. The van der Waals surface area contributed by atoms with Crippen molar-refractivity contribution in [3.8, 4) is 5.75 Å². The molecule has 21 heavy (non-hydrogen) atoms. The molecule has 0 radical (unpaired) electrons. The minimum Gasteiger partial charge on any atom is -0.508 e. The maximum absolute atomic E-state index is 9.30. The van der Waals surface area contributed by atoms with Gasteiger partial charge in [0, 0.05) is 12.1 Å². The second-order valence-electron chi connectivity index (χ2n) is 6.01. The van der Waals surface area contributed by atoms with Crippen molar-refractivity contribution in [2.75, 3.05) is 19.6 Å². The summed E-state index contributed by atoms with van der Waals surface area (Å²) in [7, 11) is 0. The zero-order chi connectivity index (χ0) is 15.7. The summed E-state index contributed by atoms with van der Waals surface area (Å²) in [5.41, 5.74) is 1.27. The Labute approximate surface area is 130 Å². The van der Waals surface area contributed by atoms with Gasteiger partial charge in [-0.05, 0) is 70.4 Å². The highest BCUT2D eigenvalue weighted by Gasteiger charge is 2.09. The van der Waals surface area contributed by atoms with E-state index in [0.717, 1.165) is 19.5 Å². The predicted octanol–water partition coefficient (Wildman–Crippen LogP) is 3.42. The summed E-state index contributed by atoms with van der Waals surface area (Å²) in [5, 5.41) is 13.0. The molecule has 0 saturated carbocycles. The molecular formula is C18H32N2O. The molecule has 0 heterocycles. The van der Waals surface area contributed by atoms with Crippen molar-refractivity contribution < 1.29 is 5.11 Å². The molecule has 1 aromatic rings. The van der Waals surface area contributed by atoms with Gasteiger partial charge in [-0.25, -0.2) is 0 Å². The van der Waals surface area contributed by atoms with Gasteiger partial charge in [-0.15, -0.1) is 0 Å². The third kappa shape index (κ3) is 7.49. The van der Waals surface area contributed by atoms with Gasteiger partial charge >= 0.3 is 0 Å². The molecule has 1 rings (SSSR count). The van der Waals surface area contributed by atoms with E-state index in [1.807, 2.05) is 12.1 Å². The van der Waals surface area contributed by atoms with Gasteiger partial charge in [0.15, 0.2) is 0 Å². The molecule has 3 heteroatoms. The second-order valence-corrected chi connectivity index (χ2v) is 6.01. The molecule has 0 aromatic heterocycles. The molecule has 120 valence electrons. The van der Waals surface area contributed by atoms with Gasteiger partial charge in [-0.2, -0.15) is 0 Å². The normalized spacial score (nSPS) is 14.3. The number of rotatable bonds is 10. The Hall–Kier alpha value is -1.06. The molecule has 3 nitrogen and oxygen atoms in total. The first-order valence-electron chi connectivity index (χ1n) is 8.31. The van der Waals surface area contributed by atoms with Gasteiger partial charge in [0.25, 0.3) is 0 Å². The zero-order valence-corrected chi connectivity index (χ0v) is 14.1. The Bertz CT molecular complexity index is 373. The average molecular weight is 292 g/mol. The molecule has 2 unspecified atom stereocenters. The lowest BCUT2D eigenvalue weighted by molar-refractivity contribution is 0.288. The van der Waals surface area contributed by atoms with E-state index in [1.165, 1.54) is 24.9 Å². The fourth-order valence-corrected chi connectivity index (χ4v) is 2.77. The van der Waals surface area contributed by atoms with Gasteiger partial charge in [0.05, 0.1) is 0 Å². The lowest BCUT2D eigenvalue weighted by Crippen LogP contribution is -2.36. The van der Waals surface area contributed by atoms with Crippen LogP contribution >= 0.6 is 0 Å². The largest absolute Gasteiger partial charge is 0.508 e. The molecule has 0 amide bonds. The van der Waals surface area contributed by atoms with Crippen molar-refractivity contribution in [3.05, 3.63) is 29.8 Å². The number of phenolic OH excluding ortho intramolecular Hbond substituents is 1. The molecule has 0 aliphatic rings. The van der Waals surface area contributed by atoms with Crippen LogP contribution in [0.2, 0.25) is 0 Å². The maximum atomic E-state index is 9.30. The summed E-state index contributed by atoms with van der Waals surface area (Å²) in [6.07, 6.45) is 3.47. The molecule has 2 N–H and O–H groups in total. The van der Waals surface area contributed by atoms with Crippen LogP contribution in [0.15, 0.2) is 24.3 Å². The molecule has 0 saturated heterocycles. The Morgan fingerprint density at radius 2 is 1.67 bits per heavy atom. The SMILES string of the molecule is CCN(CC)CCCC(C)NC(C)Cc1ccc(O)cc1. The van der Waals surface area contributed by atoms with Crippen molar-refractivity contribution in [2.24, 2.45) is 0 Å². The zero-order valence-electron chi connectivity index (χ0n) is 14.1. The van der Waals surface area contributed by atoms with Crippen molar-refractivity contribution in [1.82, 2.24) is 10.2 Å². The first-order chi connectivity index (χ1) is 10.0. The van der Waals surface area contributed by atoms with Crippen LogP contribution in [0, 0.1) is 0 Å². The second kappa shape index (κ2) is 9.80. The highest BCUT2D eigenvalue weighted by Crippen LogP contribution is 2.11. The Morgan fingerprint density at radius 1 is 1.05 bits per heavy atom. The third-order valence-electron chi connectivity index (χ3n) is 4.05. The van der Waals surface area contributed by atoms with Crippen LogP contribution in [0.3, 0.4) is 0 Å². The fourth-order valence-electron chi connectivity index (χ4n) is 2.77. The minimum atomic E-state index is 0.337. The van der Waals surface area contributed by atoms with E-state index >= 15 is 0 Å². The Kier molecular flexibility index (Phi) is 8.40. The number of nitrogens with one attached hydrogen (secondary N) is 1. The number of hydrogen-bond acceptors (Lipinski definition) is 3. The summed E-state index contributed by atoms with van der Waals surface area (Å²) in [6.45, 7) is 12.5. The molecule has 0 aliphatic heterocycles. The van der Waals surface area contributed by atoms with Crippen LogP contribution in [0.4, 0.5) is 0 Å². The van der Waals surface area contributed by atoms with Crippen molar-refractivity contribution in [3.63, 3.8) is 0 Å². The highest BCUT2D eigenvalue weighted by atomic mass is 16.3. The summed E-state index contributed by atoms with van der Waals surface area (Å²) in [6, 6.07) is 8.52. The number of aromatic hydroxyl groups is 1. The van der Waals surface area contributed by atoms with E-state index in [2.05, 4.69) is 37.9 Å². The fraction of sp³-hybridized carbons (Fsp3) is 0.667. The molecule has 0 fully saturated rings. The van der Waals surface area contributed by atoms with Gasteiger partial charge < -0.3 is 15.3 Å². The number of nitrogens with zero attached hydrogens (tertiary/aromatic N) is 1. The number of benzene rings is 1. The molecule has 2 atom stereocenters. The van der Waals surface area contributed by atoms with Crippen molar-refractivity contribution in [1.29, 1.82) is 0 Å². The average Bonchev–Trinajstić information content (AvgIpc) is 2.46. The maximum Gasteiger partial charge on any atom is 0.115 e. The first-order valence-corrected chi connectivity index (χ1v) is 8.31. The van der Waals surface area contributed by atoms with E-state index < -0.39 is 0 Å². The van der Waals surface area contributed by atoms with Gasteiger partial charge in [-0.3, -0.25) is 0 Å². The molecule has 0 aliphatic carbocycles. The van der Waals surface area contributed by atoms with Gasteiger partial charge in [0.2, 0.25) is 0 Å². The summed E-state index contributed by atoms with van der Waals surface area (Å²) in [5.74, 6) is 0.337. The van der Waals surface area contributed by atoms with Crippen LogP contribution in [0.5, 0.6) is 5.75 Å². The summed E-state index contributed by atoms with van der Waals surface area (Å²) >= 11 is 0. The molecule has 0 bridgehead atoms. The van der Waals surface area contributed by atoms with Gasteiger partial charge in [0.1, 0.15) is 5.75 Å². The molecule has 1 aromatic carbocycles. The standard InChI is InChI=1S/C18H32N2O/c1-5-20(6-2)13-7-8-15(3)19-16(4)14-17-9-11-18(21)12-10-17/h9-12,15-16,19,21H,5-8,13-14H2,1-4H3. The van der Waals surface area contributed by atoms with E-state index in [9.17, 15) is 5.11 Å². The highest BCUT2D eigenvalue weighted by molar-refractivity contribution is 5.26. The van der Waals surface area contributed by atoms with Crippen molar-refractivity contribution in [2.45, 2.75) is 59.0 Å². The molecular weight excluding hydrogens is 260 g/mol. The van der Waals surface area contributed by atoms with E-state index in [0.29, 0.717) is 17.8 Å². The summed E-state index contributed by atoms with van der Waals surface area (Å²) < 4.78 is 0. The summed E-state index contributed by atoms with van der Waals surface area (Å²) in [4.78, 5) is 2.48. The van der Waals surface area contributed by atoms with Crippen LogP contribution in [-0.2, 0) is 6.42 Å². The van der Waals surface area contributed by atoms with Crippen LogP contribution in [-0.4, -0.2) is 41.7 Å². The van der Waals surface area contributed by atoms with Crippen LogP contribution < -0.4 is 5.32 Å². The smallest absolute Gasteiger partial charge is 0.115 e. The minimum absolute atomic E-state index is 0.337. The third-order valence-corrected chi connectivity index (χ3v) is 4.05. The number of phenols is 1. The lowest BCUT2D eigenvalue weighted by Gasteiger charge is -2.22. The lowest BCUT2D eigenvalue weighted by atomic mass is 10.1. The quantitative estimate of drug-likeness (QED) is 0.693. The van der Waals surface area contributed by atoms with Crippen LogP contribution in [0.25, 0.3) is 0 Å². The Balaban J connectivity index is 2.24.